The lowest BCUT2D eigenvalue weighted by molar-refractivity contribution is 0.102. The van der Waals surface area contributed by atoms with Gasteiger partial charge >= 0.3 is 0 Å². The average Bonchev–Trinajstić information content (AvgIpc) is 2.54. The molecule has 3 rings (SSSR count). The fourth-order valence-electron chi connectivity index (χ4n) is 2.79. The van der Waals surface area contributed by atoms with Gasteiger partial charge in [0.2, 0.25) is 0 Å². The van der Waals surface area contributed by atoms with Gasteiger partial charge in [-0.3, -0.25) is 4.79 Å². The SMILES string of the molecule is CCc1cccc(NC(=O)c2cccc3c2CCCN3)c1. The molecule has 0 saturated carbocycles. The predicted octanol–water partition coefficient (Wildman–Crippen LogP) is 3.86. The lowest BCUT2D eigenvalue weighted by atomic mass is 9.97. The Morgan fingerprint density at radius 2 is 2.10 bits per heavy atom. The van der Waals surface area contributed by atoms with Crippen LogP contribution >= 0.6 is 0 Å². The summed E-state index contributed by atoms with van der Waals surface area (Å²) >= 11 is 0. The summed E-state index contributed by atoms with van der Waals surface area (Å²) in [4.78, 5) is 12.5. The average molecular weight is 280 g/mol. The van der Waals surface area contributed by atoms with Crippen molar-refractivity contribution in [2.24, 2.45) is 0 Å². The fraction of sp³-hybridized carbons (Fsp3) is 0.278. The molecule has 3 heteroatoms. The van der Waals surface area contributed by atoms with E-state index in [2.05, 4.69) is 23.6 Å². The number of benzene rings is 2. The van der Waals surface area contributed by atoms with Gasteiger partial charge in [-0.25, -0.2) is 0 Å². The lowest BCUT2D eigenvalue weighted by Gasteiger charge is -2.20. The predicted molar refractivity (Wildman–Crippen MR) is 87.0 cm³/mol. The van der Waals surface area contributed by atoms with Crippen LogP contribution < -0.4 is 10.6 Å². The number of carbonyl (C=O) groups is 1. The number of rotatable bonds is 3. The van der Waals surface area contributed by atoms with Crippen LogP contribution in [0.15, 0.2) is 42.5 Å². The maximum absolute atomic E-state index is 12.5. The molecule has 1 aliphatic heterocycles. The highest BCUT2D eigenvalue weighted by Crippen LogP contribution is 2.26. The maximum Gasteiger partial charge on any atom is 0.256 e. The van der Waals surface area contributed by atoms with E-state index in [0.29, 0.717) is 0 Å². The van der Waals surface area contributed by atoms with Gasteiger partial charge in [-0.2, -0.15) is 0 Å². The number of amides is 1. The van der Waals surface area contributed by atoms with Crippen molar-refractivity contribution in [2.45, 2.75) is 26.2 Å². The third-order valence-electron chi connectivity index (χ3n) is 3.93. The van der Waals surface area contributed by atoms with Crippen molar-refractivity contribution in [2.75, 3.05) is 17.2 Å². The van der Waals surface area contributed by atoms with Crippen molar-refractivity contribution in [3.8, 4) is 0 Å². The van der Waals surface area contributed by atoms with E-state index >= 15 is 0 Å². The minimum absolute atomic E-state index is 0.0243. The molecule has 21 heavy (non-hydrogen) atoms. The van der Waals surface area contributed by atoms with E-state index in [4.69, 9.17) is 0 Å². The number of carbonyl (C=O) groups excluding carboxylic acids is 1. The van der Waals surface area contributed by atoms with E-state index in [0.717, 1.165) is 48.3 Å². The molecule has 2 N–H and O–H groups in total. The van der Waals surface area contributed by atoms with Crippen LogP contribution in [0.2, 0.25) is 0 Å². The molecular weight excluding hydrogens is 260 g/mol. The van der Waals surface area contributed by atoms with E-state index in [1.807, 2.05) is 36.4 Å². The second-order valence-electron chi connectivity index (χ2n) is 5.37. The van der Waals surface area contributed by atoms with E-state index in [1.165, 1.54) is 5.56 Å². The van der Waals surface area contributed by atoms with Crippen molar-refractivity contribution in [3.63, 3.8) is 0 Å². The Hall–Kier alpha value is -2.29. The molecule has 3 nitrogen and oxygen atoms in total. The van der Waals surface area contributed by atoms with Crippen LogP contribution in [0, 0.1) is 0 Å². The first-order valence-electron chi connectivity index (χ1n) is 7.54. The Labute approximate surface area is 125 Å². The molecule has 0 atom stereocenters. The first-order valence-corrected chi connectivity index (χ1v) is 7.54. The molecule has 0 fully saturated rings. The molecule has 0 aliphatic carbocycles. The molecule has 0 radical (unpaired) electrons. The molecule has 0 saturated heterocycles. The summed E-state index contributed by atoms with van der Waals surface area (Å²) in [5.74, 6) is -0.0243. The number of hydrogen-bond acceptors (Lipinski definition) is 2. The van der Waals surface area contributed by atoms with Gasteiger partial charge in [0, 0.05) is 23.5 Å². The van der Waals surface area contributed by atoms with Crippen LogP contribution in [-0.2, 0) is 12.8 Å². The van der Waals surface area contributed by atoms with Crippen LogP contribution in [0.4, 0.5) is 11.4 Å². The molecule has 1 aliphatic rings. The summed E-state index contributed by atoms with van der Waals surface area (Å²) in [6.07, 6.45) is 3.00. The van der Waals surface area contributed by atoms with Crippen molar-refractivity contribution in [1.29, 1.82) is 0 Å². The second-order valence-corrected chi connectivity index (χ2v) is 5.37. The standard InChI is InChI=1S/C18H20N2O/c1-2-13-6-3-7-14(12-13)20-18(21)16-8-4-10-17-15(16)9-5-11-19-17/h3-4,6-8,10,12,19H,2,5,9,11H2,1H3,(H,20,21). The molecule has 1 heterocycles. The fourth-order valence-corrected chi connectivity index (χ4v) is 2.79. The largest absolute Gasteiger partial charge is 0.385 e. The molecule has 2 aromatic carbocycles. The van der Waals surface area contributed by atoms with Gasteiger partial charge in [0.15, 0.2) is 0 Å². The highest BCUT2D eigenvalue weighted by molar-refractivity contribution is 6.06. The Morgan fingerprint density at radius 1 is 1.24 bits per heavy atom. The van der Waals surface area contributed by atoms with Gasteiger partial charge in [-0.15, -0.1) is 0 Å². The highest BCUT2D eigenvalue weighted by atomic mass is 16.1. The van der Waals surface area contributed by atoms with Crippen molar-refractivity contribution in [3.05, 3.63) is 59.2 Å². The maximum atomic E-state index is 12.5. The molecule has 0 bridgehead atoms. The number of anilines is 2. The molecule has 1 amide bonds. The van der Waals surface area contributed by atoms with Crippen LogP contribution in [0.5, 0.6) is 0 Å². The first kappa shape index (κ1) is 13.7. The smallest absolute Gasteiger partial charge is 0.256 e. The molecule has 0 unspecified atom stereocenters. The minimum atomic E-state index is -0.0243. The normalized spacial score (nSPS) is 13.2. The third kappa shape index (κ3) is 2.92. The first-order chi connectivity index (χ1) is 10.3. The number of aryl methyl sites for hydroxylation is 1. The summed E-state index contributed by atoms with van der Waals surface area (Å²) in [6, 6.07) is 13.9. The van der Waals surface area contributed by atoms with E-state index in [1.54, 1.807) is 0 Å². The Balaban J connectivity index is 1.85. The number of hydrogen-bond donors (Lipinski definition) is 2. The van der Waals surface area contributed by atoms with Gasteiger partial charge in [0.25, 0.3) is 5.91 Å². The third-order valence-corrected chi connectivity index (χ3v) is 3.93. The van der Waals surface area contributed by atoms with Gasteiger partial charge in [0.1, 0.15) is 0 Å². The summed E-state index contributed by atoms with van der Waals surface area (Å²) in [5.41, 5.74) is 5.09. The lowest BCUT2D eigenvalue weighted by Crippen LogP contribution is -2.19. The van der Waals surface area contributed by atoms with Gasteiger partial charge < -0.3 is 10.6 Å². The second kappa shape index (κ2) is 6.00. The van der Waals surface area contributed by atoms with Gasteiger partial charge in [-0.1, -0.05) is 25.1 Å². The van der Waals surface area contributed by atoms with Crippen molar-refractivity contribution < 1.29 is 4.79 Å². The summed E-state index contributed by atoms with van der Waals surface area (Å²) in [7, 11) is 0. The minimum Gasteiger partial charge on any atom is -0.385 e. The van der Waals surface area contributed by atoms with Crippen LogP contribution in [0.1, 0.15) is 34.8 Å². The number of fused-ring (bicyclic) bond motifs is 1. The van der Waals surface area contributed by atoms with Crippen molar-refractivity contribution >= 4 is 17.3 Å². The molecular formula is C18H20N2O. The van der Waals surface area contributed by atoms with E-state index in [9.17, 15) is 4.79 Å². The zero-order chi connectivity index (χ0) is 14.7. The van der Waals surface area contributed by atoms with Crippen LogP contribution in [0.3, 0.4) is 0 Å². The summed E-state index contributed by atoms with van der Waals surface area (Å²) in [5, 5.41) is 6.38. The Kier molecular flexibility index (Phi) is 3.91. The topological polar surface area (TPSA) is 41.1 Å². The van der Waals surface area contributed by atoms with Crippen LogP contribution in [-0.4, -0.2) is 12.5 Å². The zero-order valence-electron chi connectivity index (χ0n) is 12.3. The molecule has 2 aromatic rings. The monoisotopic (exact) mass is 280 g/mol. The Morgan fingerprint density at radius 3 is 2.95 bits per heavy atom. The molecule has 108 valence electrons. The number of nitrogens with one attached hydrogen (secondary N) is 2. The van der Waals surface area contributed by atoms with E-state index < -0.39 is 0 Å². The zero-order valence-corrected chi connectivity index (χ0v) is 12.3. The molecule has 0 aromatic heterocycles. The van der Waals surface area contributed by atoms with Gasteiger partial charge in [0.05, 0.1) is 0 Å². The van der Waals surface area contributed by atoms with Crippen molar-refractivity contribution in [1.82, 2.24) is 0 Å². The Bertz CT molecular complexity index is 664. The summed E-state index contributed by atoms with van der Waals surface area (Å²) in [6.45, 7) is 3.09. The van der Waals surface area contributed by atoms with Crippen LogP contribution in [0.25, 0.3) is 0 Å². The van der Waals surface area contributed by atoms with Gasteiger partial charge in [-0.05, 0) is 54.7 Å². The summed E-state index contributed by atoms with van der Waals surface area (Å²) < 4.78 is 0. The molecule has 0 spiro atoms. The highest BCUT2D eigenvalue weighted by Gasteiger charge is 2.17. The quantitative estimate of drug-likeness (QED) is 0.896. The van der Waals surface area contributed by atoms with E-state index in [-0.39, 0.29) is 5.91 Å².